The fraction of sp³-hybridized carbons (Fsp3) is 0.520. The first kappa shape index (κ1) is 24.5. The van der Waals surface area contributed by atoms with Crippen LogP contribution in [0.5, 0.6) is 0 Å². The normalized spacial score (nSPS) is 20.0. The molecule has 1 aromatic heterocycles. The summed E-state index contributed by atoms with van der Waals surface area (Å²) in [6.07, 6.45) is 7.60. The van der Waals surface area contributed by atoms with Gasteiger partial charge in [-0.05, 0) is 49.8 Å². The Morgan fingerprint density at radius 3 is 2.53 bits per heavy atom. The van der Waals surface area contributed by atoms with Gasteiger partial charge in [0, 0.05) is 38.1 Å². The van der Waals surface area contributed by atoms with Crippen LogP contribution in [-0.2, 0) is 21.2 Å². The van der Waals surface area contributed by atoms with Crippen molar-refractivity contribution in [2.45, 2.75) is 56.8 Å². The van der Waals surface area contributed by atoms with Gasteiger partial charge in [-0.3, -0.25) is 9.59 Å². The van der Waals surface area contributed by atoms with E-state index in [1.807, 2.05) is 31.2 Å². The molecule has 1 aromatic carbocycles. The molecule has 3 heterocycles. The van der Waals surface area contributed by atoms with Crippen LogP contribution in [-0.4, -0.2) is 60.6 Å². The number of benzene rings is 1. The fourth-order valence-electron chi connectivity index (χ4n) is 4.80. The summed E-state index contributed by atoms with van der Waals surface area (Å²) >= 11 is 0. The Balaban J connectivity index is 1.44. The van der Waals surface area contributed by atoms with Gasteiger partial charge in [0.25, 0.3) is 5.91 Å². The average molecular weight is 487 g/mol. The molecular formula is C25H34N4O4S. The minimum Gasteiger partial charge on any atom is -0.356 e. The summed E-state index contributed by atoms with van der Waals surface area (Å²) in [5.74, 6) is -0.744. The van der Waals surface area contributed by atoms with E-state index in [1.165, 1.54) is 16.6 Å². The summed E-state index contributed by atoms with van der Waals surface area (Å²) < 4.78 is 28.0. The molecule has 4 rings (SSSR count). The summed E-state index contributed by atoms with van der Waals surface area (Å²) in [6.45, 7) is 3.91. The van der Waals surface area contributed by atoms with Crippen LogP contribution in [0.3, 0.4) is 0 Å². The number of aromatic amines is 1. The van der Waals surface area contributed by atoms with E-state index in [0.29, 0.717) is 38.2 Å². The van der Waals surface area contributed by atoms with Crippen molar-refractivity contribution in [3.8, 4) is 0 Å². The topological polar surface area (TPSA) is 103 Å². The maximum absolute atomic E-state index is 13.3. The van der Waals surface area contributed by atoms with Gasteiger partial charge in [-0.25, -0.2) is 8.42 Å². The Bertz CT molecular complexity index is 1120. The van der Waals surface area contributed by atoms with Gasteiger partial charge in [0.15, 0.2) is 0 Å². The molecule has 34 heavy (non-hydrogen) atoms. The zero-order chi connectivity index (χ0) is 24.1. The number of aromatic nitrogens is 1. The van der Waals surface area contributed by atoms with Crippen LogP contribution in [0.2, 0.25) is 0 Å². The predicted molar refractivity (Wildman–Crippen MR) is 131 cm³/mol. The Morgan fingerprint density at radius 2 is 1.79 bits per heavy atom. The SMILES string of the molecule is CCc1ccccc1NC(=O)[C@@H]1CCCN(S(=O)(=O)c2c[nH]c(C(=O)N3CCCCCC3)c2)C1. The van der Waals surface area contributed by atoms with Crippen LogP contribution in [0.15, 0.2) is 41.4 Å². The number of hydrogen-bond acceptors (Lipinski definition) is 4. The first-order valence-corrected chi connectivity index (χ1v) is 13.7. The van der Waals surface area contributed by atoms with E-state index in [-0.39, 0.29) is 23.3 Å². The number of piperidine rings is 1. The highest BCUT2D eigenvalue weighted by Gasteiger charge is 2.34. The van der Waals surface area contributed by atoms with Crippen LogP contribution in [0.25, 0.3) is 0 Å². The maximum Gasteiger partial charge on any atom is 0.270 e. The van der Waals surface area contributed by atoms with Crippen LogP contribution >= 0.6 is 0 Å². The van der Waals surface area contributed by atoms with Crippen molar-refractivity contribution in [3.05, 3.63) is 47.8 Å². The lowest BCUT2D eigenvalue weighted by Crippen LogP contribution is -2.43. The van der Waals surface area contributed by atoms with Gasteiger partial charge in [-0.1, -0.05) is 38.0 Å². The van der Waals surface area contributed by atoms with Crippen LogP contribution in [0.4, 0.5) is 5.69 Å². The summed E-state index contributed by atoms with van der Waals surface area (Å²) in [5, 5.41) is 2.99. The van der Waals surface area contributed by atoms with E-state index in [4.69, 9.17) is 0 Å². The fourth-order valence-corrected chi connectivity index (χ4v) is 6.32. The number of hydrogen-bond donors (Lipinski definition) is 2. The second kappa shape index (κ2) is 10.7. The number of nitrogens with zero attached hydrogens (tertiary/aromatic N) is 2. The van der Waals surface area contributed by atoms with E-state index in [1.54, 1.807) is 4.90 Å². The molecule has 2 amide bonds. The molecule has 2 aliphatic heterocycles. The predicted octanol–water partition coefficient (Wildman–Crippen LogP) is 3.63. The lowest BCUT2D eigenvalue weighted by molar-refractivity contribution is -0.120. The Labute approximate surface area is 201 Å². The summed E-state index contributed by atoms with van der Waals surface area (Å²) in [5.41, 5.74) is 2.12. The van der Waals surface area contributed by atoms with Gasteiger partial charge in [-0.15, -0.1) is 0 Å². The number of sulfonamides is 1. The quantitative estimate of drug-likeness (QED) is 0.651. The zero-order valence-corrected chi connectivity index (χ0v) is 20.6. The molecule has 2 aromatic rings. The molecule has 2 fully saturated rings. The summed E-state index contributed by atoms with van der Waals surface area (Å²) in [7, 11) is -3.81. The first-order valence-electron chi connectivity index (χ1n) is 12.3. The van der Waals surface area contributed by atoms with E-state index >= 15 is 0 Å². The van der Waals surface area contributed by atoms with Crippen molar-refractivity contribution in [2.75, 3.05) is 31.5 Å². The summed E-state index contributed by atoms with van der Waals surface area (Å²) in [6, 6.07) is 9.10. The highest BCUT2D eigenvalue weighted by atomic mass is 32.2. The molecule has 0 saturated carbocycles. The second-order valence-electron chi connectivity index (χ2n) is 9.16. The third kappa shape index (κ3) is 5.36. The number of rotatable bonds is 6. The van der Waals surface area contributed by atoms with Crippen molar-refractivity contribution in [1.29, 1.82) is 0 Å². The van der Waals surface area contributed by atoms with E-state index < -0.39 is 15.9 Å². The third-order valence-electron chi connectivity index (χ3n) is 6.83. The Hall–Kier alpha value is -2.65. The lowest BCUT2D eigenvalue weighted by Gasteiger charge is -2.31. The number of carbonyl (C=O) groups excluding carboxylic acids is 2. The van der Waals surface area contributed by atoms with E-state index in [0.717, 1.165) is 43.4 Å². The van der Waals surface area contributed by atoms with Crippen molar-refractivity contribution in [2.24, 2.45) is 5.92 Å². The van der Waals surface area contributed by atoms with Crippen molar-refractivity contribution < 1.29 is 18.0 Å². The molecule has 0 radical (unpaired) electrons. The molecule has 2 aliphatic rings. The number of anilines is 1. The monoisotopic (exact) mass is 486 g/mol. The minimum absolute atomic E-state index is 0.0723. The molecular weight excluding hydrogens is 452 g/mol. The third-order valence-corrected chi connectivity index (χ3v) is 8.67. The van der Waals surface area contributed by atoms with E-state index in [2.05, 4.69) is 10.3 Å². The number of nitrogens with one attached hydrogen (secondary N) is 2. The largest absolute Gasteiger partial charge is 0.356 e. The molecule has 9 heteroatoms. The van der Waals surface area contributed by atoms with Gasteiger partial charge in [0.2, 0.25) is 15.9 Å². The van der Waals surface area contributed by atoms with Crippen molar-refractivity contribution in [1.82, 2.24) is 14.2 Å². The smallest absolute Gasteiger partial charge is 0.270 e. The summed E-state index contributed by atoms with van der Waals surface area (Å²) in [4.78, 5) is 30.6. The van der Waals surface area contributed by atoms with Gasteiger partial charge in [0.1, 0.15) is 10.6 Å². The first-order chi connectivity index (χ1) is 16.4. The number of carbonyl (C=O) groups is 2. The van der Waals surface area contributed by atoms with Gasteiger partial charge >= 0.3 is 0 Å². The number of aryl methyl sites for hydroxylation is 1. The molecule has 0 spiro atoms. The molecule has 0 bridgehead atoms. The molecule has 0 aliphatic carbocycles. The number of amides is 2. The highest BCUT2D eigenvalue weighted by molar-refractivity contribution is 7.89. The minimum atomic E-state index is -3.81. The number of likely N-dealkylation sites (tertiary alicyclic amines) is 1. The highest BCUT2D eigenvalue weighted by Crippen LogP contribution is 2.26. The number of para-hydroxylation sites is 1. The number of H-pyrrole nitrogens is 1. The maximum atomic E-state index is 13.3. The van der Waals surface area contributed by atoms with Gasteiger partial charge < -0.3 is 15.2 Å². The molecule has 2 N–H and O–H groups in total. The average Bonchev–Trinajstić information content (AvgIpc) is 3.21. The van der Waals surface area contributed by atoms with Crippen LogP contribution < -0.4 is 5.32 Å². The van der Waals surface area contributed by atoms with E-state index in [9.17, 15) is 18.0 Å². The molecule has 2 saturated heterocycles. The molecule has 8 nitrogen and oxygen atoms in total. The molecule has 1 atom stereocenters. The van der Waals surface area contributed by atoms with Gasteiger partial charge in [0.05, 0.1) is 5.92 Å². The van der Waals surface area contributed by atoms with Gasteiger partial charge in [-0.2, -0.15) is 4.31 Å². The van der Waals surface area contributed by atoms with Crippen LogP contribution in [0.1, 0.15) is 61.5 Å². The Morgan fingerprint density at radius 1 is 1.06 bits per heavy atom. The second-order valence-corrected chi connectivity index (χ2v) is 11.1. The van der Waals surface area contributed by atoms with Crippen molar-refractivity contribution >= 4 is 27.5 Å². The Kier molecular flexibility index (Phi) is 7.73. The molecule has 0 unspecified atom stereocenters. The molecule has 184 valence electrons. The van der Waals surface area contributed by atoms with Crippen molar-refractivity contribution in [3.63, 3.8) is 0 Å². The zero-order valence-electron chi connectivity index (χ0n) is 19.8. The lowest BCUT2D eigenvalue weighted by atomic mass is 9.98. The standard InChI is InChI=1S/C25H34N4O4S/c1-2-19-10-5-6-12-22(19)27-24(30)20-11-9-15-29(18-20)34(32,33)21-16-23(26-17-21)25(31)28-13-7-3-4-8-14-28/h5-6,10,12,16-17,20,26H,2-4,7-9,11,13-15,18H2,1H3,(H,27,30)/t20-/m1/s1. The van der Waals surface area contributed by atoms with Crippen LogP contribution in [0, 0.1) is 5.92 Å².